The highest BCUT2D eigenvalue weighted by Gasteiger charge is 2.33. The van der Waals surface area contributed by atoms with Crippen molar-refractivity contribution in [3.05, 3.63) is 21.3 Å². The molecule has 0 bridgehead atoms. The van der Waals surface area contributed by atoms with Crippen LogP contribution in [0.4, 0.5) is 0 Å². The van der Waals surface area contributed by atoms with Crippen molar-refractivity contribution in [2.75, 3.05) is 11.5 Å². The number of alkyl halides is 1. The zero-order valence-corrected chi connectivity index (χ0v) is 11.8. The molecule has 1 fully saturated rings. The monoisotopic (exact) mass is 328 g/mol. The second-order valence-electron chi connectivity index (χ2n) is 3.71. The molecule has 6 heteroatoms. The summed E-state index contributed by atoms with van der Waals surface area (Å²) in [5.41, 5.74) is 0. The van der Waals surface area contributed by atoms with Gasteiger partial charge in [0.05, 0.1) is 20.7 Å². The van der Waals surface area contributed by atoms with Crippen molar-refractivity contribution in [3.8, 4) is 0 Å². The molecule has 0 aliphatic carbocycles. The molecular formula is C9H10BrClO2S2. The van der Waals surface area contributed by atoms with Crippen LogP contribution >= 0.6 is 38.9 Å². The standard InChI is InChI=1S/C9H10BrClO2S2/c10-9(7-1-2-8(11)14-7)6-3-4-15(12,13)5-6/h1-2,6,9H,3-5H2. The highest BCUT2D eigenvalue weighted by atomic mass is 79.9. The van der Waals surface area contributed by atoms with E-state index in [2.05, 4.69) is 15.9 Å². The first-order valence-electron chi connectivity index (χ1n) is 4.58. The van der Waals surface area contributed by atoms with E-state index >= 15 is 0 Å². The van der Waals surface area contributed by atoms with E-state index in [0.717, 1.165) is 15.6 Å². The maximum absolute atomic E-state index is 11.3. The van der Waals surface area contributed by atoms with Gasteiger partial charge in [-0.05, 0) is 24.5 Å². The van der Waals surface area contributed by atoms with Crippen LogP contribution < -0.4 is 0 Å². The summed E-state index contributed by atoms with van der Waals surface area (Å²) in [7, 11) is -2.80. The quantitative estimate of drug-likeness (QED) is 0.780. The van der Waals surface area contributed by atoms with E-state index < -0.39 is 9.84 Å². The van der Waals surface area contributed by atoms with E-state index in [1.807, 2.05) is 12.1 Å². The topological polar surface area (TPSA) is 34.1 Å². The van der Waals surface area contributed by atoms with E-state index in [0.29, 0.717) is 11.5 Å². The van der Waals surface area contributed by atoms with Gasteiger partial charge in [0.15, 0.2) is 9.84 Å². The molecule has 0 saturated carbocycles. The highest BCUT2D eigenvalue weighted by Crippen LogP contribution is 2.41. The summed E-state index contributed by atoms with van der Waals surface area (Å²) in [6.45, 7) is 0. The van der Waals surface area contributed by atoms with Gasteiger partial charge in [0, 0.05) is 4.88 Å². The lowest BCUT2D eigenvalue weighted by molar-refractivity contribution is 0.583. The summed E-state index contributed by atoms with van der Waals surface area (Å²) < 4.78 is 23.4. The first-order chi connectivity index (χ1) is 6.98. The fourth-order valence-electron chi connectivity index (χ4n) is 1.76. The van der Waals surface area contributed by atoms with Crippen LogP contribution in [0.15, 0.2) is 12.1 Å². The largest absolute Gasteiger partial charge is 0.229 e. The molecule has 0 spiro atoms. The fourth-order valence-corrected chi connectivity index (χ4v) is 5.87. The molecule has 2 atom stereocenters. The van der Waals surface area contributed by atoms with Crippen LogP contribution in [0.2, 0.25) is 4.34 Å². The Kier molecular flexibility index (Phi) is 3.45. The Hall–Kier alpha value is 0.420. The van der Waals surface area contributed by atoms with Gasteiger partial charge in [-0.2, -0.15) is 0 Å². The summed E-state index contributed by atoms with van der Waals surface area (Å²) in [6, 6.07) is 3.80. The van der Waals surface area contributed by atoms with E-state index in [1.54, 1.807) is 0 Å². The molecule has 1 aromatic heterocycles. The van der Waals surface area contributed by atoms with Crippen LogP contribution in [0.25, 0.3) is 0 Å². The van der Waals surface area contributed by atoms with E-state index in [1.165, 1.54) is 11.3 Å². The van der Waals surface area contributed by atoms with Crippen molar-refractivity contribution in [3.63, 3.8) is 0 Å². The Morgan fingerprint density at radius 1 is 1.53 bits per heavy atom. The molecule has 0 N–H and O–H groups in total. The molecule has 2 rings (SSSR count). The summed E-state index contributed by atoms with van der Waals surface area (Å²) >= 11 is 10.9. The predicted molar refractivity (Wildman–Crippen MR) is 67.8 cm³/mol. The molecule has 2 heterocycles. The minimum atomic E-state index is -2.80. The molecule has 0 aromatic carbocycles. The van der Waals surface area contributed by atoms with Crippen LogP contribution in [0.1, 0.15) is 16.1 Å². The lowest BCUT2D eigenvalue weighted by Gasteiger charge is -2.13. The first-order valence-corrected chi connectivity index (χ1v) is 8.51. The average molecular weight is 330 g/mol. The smallest absolute Gasteiger partial charge is 0.150 e. The van der Waals surface area contributed by atoms with Gasteiger partial charge in [-0.25, -0.2) is 8.42 Å². The minimum absolute atomic E-state index is 0.118. The molecular weight excluding hydrogens is 320 g/mol. The van der Waals surface area contributed by atoms with Gasteiger partial charge in [0.25, 0.3) is 0 Å². The molecule has 1 saturated heterocycles. The number of thiophene rings is 1. The van der Waals surface area contributed by atoms with E-state index in [9.17, 15) is 8.42 Å². The van der Waals surface area contributed by atoms with Crippen LogP contribution in [0.3, 0.4) is 0 Å². The third kappa shape index (κ3) is 2.75. The van der Waals surface area contributed by atoms with Crippen molar-refractivity contribution in [1.82, 2.24) is 0 Å². The Balaban J connectivity index is 2.13. The van der Waals surface area contributed by atoms with Gasteiger partial charge in [-0.1, -0.05) is 27.5 Å². The number of halogens is 2. The maximum Gasteiger partial charge on any atom is 0.150 e. The van der Waals surface area contributed by atoms with Crippen molar-refractivity contribution in [2.24, 2.45) is 5.92 Å². The molecule has 2 nitrogen and oxygen atoms in total. The Labute approximate surface area is 107 Å². The molecule has 0 radical (unpaired) electrons. The lowest BCUT2D eigenvalue weighted by atomic mass is 10.0. The Morgan fingerprint density at radius 2 is 2.27 bits per heavy atom. The first kappa shape index (κ1) is 11.9. The Bertz CT molecular complexity index is 454. The van der Waals surface area contributed by atoms with Gasteiger partial charge in [-0.15, -0.1) is 11.3 Å². The van der Waals surface area contributed by atoms with Gasteiger partial charge in [-0.3, -0.25) is 0 Å². The molecule has 1 aromatic rings. The SMILES string of the molecule is O=S1(=O)CCC(C(Br)c2ccc(Cl)s2)C1. The summed E-state index contributed by atoms with van der Waals surface area (Å²) in [5, 5.41) is 0. The second kappa shape index (κ2) is 4.35. The van der Waals surface area contributed by atoms with E-state index in [4.69, 9.17) is 11.6 Å². The average Bonchev–Trinajstić information content (AvgIpc) is 2.71. The molecule has 84 valence electrons. The normalized spacial score (nSPS) is 26.7. The van der Waals surface area contributed by atoms with Crippen molar-refractivity contribution in [2.45, 2.75) is 11.2 Å². The van der Waals surface area contributed by atoms with Gasteiger partial charge in [0.1, 0.15) is 0 Å². The zero-order valence-electron chi connectivity index (χ0n) is 7.82. The fraction of sp³-hybridized carbons (Fsp3) is 0.556. The summed E-state index contributed by atoms with van der Waals surface area (Å²) in [5.74, 6) is 0.793. The zero-order chi connectivity index (χ0) is 11.1. The van der Waals surface area contributed by atoms with Crippen molar-refractivity contribution >= 4 is 48.7 Å². The lowest BCUT2D eigenvalue weighted by Crippen LogP contribution is -2.09. The van der Waals surface area contributed by atoms with Gasteiger partial charge < -0.3 is 0 Å². The summed E-state index contributed by atoms with van der Waals surface area (Å²) in [6.07, 6.45) is 0.744. The number of hydrogen-bond acceptors (Lipinski definition) is 3. The molecule has 0 amide bonds. The third-order valence-corrected chi connectivity index (χ3v) is 7.20. The number of rotatable bonds is 2. The van der Waals surface area contributed by atoms with Crippen molar-refractivity contribution < 1.29 is 8.42 Å². The van der Waals surface area contributed by atoms with Crippen LogP contribution in [-0.4, -0.2) is 19.9 Å². The number of sulfone groups is 1. The number of hydrogen-bond donors (Lipinski definition) is 0. The maximum atomic E-state index is 11.3. The van der Waals surface area contributed by atoms with Crippen molar-refractivity contribution in [1.29, 1.82) is 0 Å². The third-order valence-electron chi connectivity index (χ3n) is 2.55. The second-order valence-corrected chi connectivity index (χ2v) is 8.67. The van der Waals surface area contributed by atoms with Gasteiger partial charge >= 0.3 is 0 Å². The molecule has 2 unspecified atom stereocenters. The molecule has 15 heavy (non-hydrogen) atoms. The van der Waals surface area contributed by atoms with Crippen LogP contribution in [0.5, 0.6) is 0 Å². The Morgan fingerprint density at radius 3 is 2.73 bits per heavy atom. The summed E-state index contributed by atoms with van der Waals surface area (Å²) in [4.78, 5) is 1.23. The molecule has 1 aliphatic rings. The van der Waals surface area contributed by atoms with Gasteiger partial charge in [0.2, 0.25) is 0 Å². The van der Waals surface area contributed by atoms with Crippen LogP contribution in [0, 0.1) is 5.92 Å². The molecule has 1 aliphatic heterocycles. The minimum Gasteiger partial charge on any atom is -0.229 e. The van der Waals surface area contributed by atoms with Crippen LogP contribution in [-0.2, 0) is 9.84 Å². The highest BCUT2D eigenvalue weighted by molar-refractivity contribution is 9.09. The predicted octanol–water partition coefficient (Wildman–Crippen LogP) is 3.27. The van der Waals surface area contributed by atoms with E-state index in [-0.39, 0.29) is 10.7 Å².